The van der Waals surface area contributed by atoms with Crippen LogP contribution in [0.1, 0.15) is 55.2 Å². The monoisotopic (exact) mass is 584 g/mol. The summed E-state index contributed by atoms with van der Waals surface area (Å²) in [6, 6.07) is 13.4. The molecule has 3 aromatic rings. The second-order valence-electron chi connectivity index (χ2n) is 12.7. The minimum absolute atomic E-state index is 0.0902. The molecule has 9 nitrogen and oxygen atoms in total. The van der Waals surface area contributed by atoms with Crippen molar-refractivity contribution in [2.45, 2.75) is 70.5 Å². The van der Waals surface area contributed by atoms with Crippen molar-refractivity contribution >= 4 is 28.6 Å². The smallest absolute Gasteiger partial charge is 0.243 e. The number of nitrogens with one attached hydrogen (secondary N) is 2. The first-order valence-electron chi connectivity index (χ1n) is 15.9. The molecule has 0 saturated carbocycles. The molecule has 0 spiro atoms. The number of aromatic nitrogens is 2. The molecule has 0 unspecified atom stereocenters. The zero-order chi connectivity index (χ0) is 29.9. The highest BCUT2D eigenvalue weighted by molar-refractivity contribution is 5.94. The van der Waals surface area contributed by atoms with Crippen LogP contribution in [0.4, 0.5) is 0 Å². The minimum atomic E-state index is -0.593. The molecule has 228 valence electrons. The number of carbonyl (C=O) groups is 3. The summed E-state index contributed by atoms with van der Waals surface area (Å²) in [5, 5.41) is 11.9. The standard InChI is InChI=1S/C34H44N6O3/c1-23-8-10-24(11-9-23)17-26-19-30(32(41)36-20-25-12-13-29-27(18-25)21-37-38(29)2)40(22-26)34(43)31-28(7-6-14-35-31)33(42)39-15-4-3-5-16-39/h8-13,18,21,26,28,30-31,35H,3-7,14-17,19-20,22H2,1-2H3,(H,36,41)/t26-,28+,30+,31-/m1/s1. The van der Waals surface area contributed by atoms with Gasteiger partial charge in [0, 0.05) is 38.6 Å². The topological polar surface area (TPSA) is 99.6 Å². The van der Waals surface area contributed by atoms with Gasteiger partial charge in [0.15, 0.2) is 0 Å². The SMILES string of the molecule is Cc1ccc(C[C@@H]2C[C@@H](C(=O)NCc3ccc4c(cnn4C)c3)N(C(=O)[C@@H]3NCCC[C@@H]3C(=O)N3CCCCC3)C2)cc1. The third-order valence-corrected chi connectivity index (χ3v) is 9.61. The van der Waals surface area contributed by atoms with Crippen molar-refractivity contribution in [2.75, 3.05) is 26.2 Å². The predicted molar refractivity (Wildman–Crippen MR) is 166 cm³/mol. The van der Waals surface area contributed by atoms with Crippen LogP contribution in [0, 0.1) is 18.8 Å². The van der Waals surface area contributed by atoms with Crippen LogP contribution in [0.25, 0.3) is 10.9 Å². The Labute approximate surface area is 254 Å². The molecule has 0 aliphatic carbocycles. The summed E-state index contributed by atoms with van der Waals surface area (Å²) in [6.45, 7) is 5.21. The fourth-order valence-electron chi connectivity index (χ4n) is 7.19. The zero-order valence-electron chi connectivity index (χ0n) is 25.4. The lowest BCUT2D eigenvalue weighted by atomic mass is 9.87. The van der Waals surface area contributed by atoms with Crippen molar-refractivity contribution in [3.63, 3.8) is 0 Å². The zero-order valence-corrected chi connectivity index (χ0v) is 25.4. The summed E-state index contributed by atoms with van der Waals surface area (Å²) in [5.41, 5.74) is 4.45. The first kappa shape index (κ1) is 29.4. The molecule has 3 fully saturated rings. The van der Waals surface area contributed by atoms with Gasteiger partial charge in [0.2, 0.25) is 17.7 Å². The van der Waals surface area contributed by atoms with Gasteiger partial charge in [-0.15, -0.1) is 0 Å². The van der Waals surface area contributed by atoms with Gasteiger partial charge in [0.1, 0.15) is 6.04 Å². The fraction of sp³-hybridized carbons (Fsp3) is 0.529. The van der Waals surface area contributed by atoms with Crippen LogP contribution < -0.4 is 10.6 Å². The lowest BCUT2D eigenvalue weighted by Gasteiger charge is -2.38. The van der Waals surface area contributed by atoms with Crippen molar-refractivity contribution in [1.29, 1.82) is 0 Å². The van der Waals surface area contributed by atoms with Gasteiger partial charge >= 0.3 is 0 Å². The molecule has 43 heavy (non-hydrogen) atoms. The van der Waals surface area contributed by atoms with Crippen LogP contribution >= 0.6 is 0 Å². The van der Waals surface area contributed by atoms with Crippen LogP contribution in [0.5, 0.6) is 0 Å². The summed E-state index contributed by atoms with van der Waals surface area (Å²) in [6.07, 6.45) is 8.00. The van der Waals surface area contributed by atoms with E-state index in [1.807, 2.05) is 41.0 Å². The molecule has 3 amide bonds. The average Bonchev–Trinajstić information content (AvgIpc) is 3.63. The van der Waals surface area contributed by atoms with Crippen LogP contribution in [-0.2, 0) is 34.4 Å². The van der Waals surface area contributed by atoms with E-state index in [-0.39, 0.29) is 29.6 Å². The third kappa shape index (κ3) is 6.47. The lowest BCUT2D eigenvalue weighted by Crippen LogP contribution is -2.59. The molecule has 2 N–H and O–H groups in total. The number of nitrogens with zero attached hydrogens (tertiary/aromatic N) is 4. The van der Waals surface area contributed by atoms with E-state index in [9.17, 15) is 14.4 Å². The Morgan fingerprint density at radius 3 is 2.53 bits per heavy atom. The summed E-state index contributed by atoms with van der Waals surface area (Å²) in [7, 11) is 1.91. The van der Waals surface area contributed by atoms with E-state index < -0.39 is 12.1 Å². The van der Waals surface area contributed by atoms with Crippen molar-refractivity contribution in [2.24, 2.45) is 18.9 Å². The molecule has 9 heteroatoms. The molecule has 4 heterocycles. The summed E-state index contributed by atoms with van der Waals surface area (Å²) in [5.74, 6) is -0.383. The first-order chi connectivity index (χ1) is 20.9. The van der Waals surface area contributed by atoms with E-state index in [0.29, 0.717) is 32.5 Å². The number of fused-ring (bicyclic) bond motifs is 1. The Hall–Kier alpha value is -3.72. The van der Waals surface area contributed by atoms with Crippen LogP contribution in [0.15, 0.2) is 48.7 Å². The van der Waals surface area contributed by atoms with Gasteiger partial charge in [-0.1, -0.05) is 35.9 Å². The summed E-state index contributed by atoms with van der Waals surface area (Å²) in [4.78, 5) is 45.4. The normalized spacial score (nSPS) is 24.3. The lowest BCUT2D eigenvalue weighted by molar-refractivity contribution is -0.147. The predicted octanol–water partition coefficient (Wildman–Crippen LogP) is 3.34. The largest absolute Gasteiger partial charge is 0.350 e. The first-order valence-corrected chi connectivity index (χ1v) is 15.9. The van der Waals surface area contributed by atoms with E-state index >= 15 is 0 Å². The van der Waals surface area contributed by atoms with Crippen molar-refractivity contribution in [3.8, 4) is 0 Å². The highest BCUT2D eigenvalue weighted by atomic mass is 16.2. The quantitative estimate of drug-likeness (QED) is 0.444. The van der Waals surface area contributed by atoms with Gasteiger partial charge < -0.3 is 20.4 Å². The maximum absolute atomic E-state index is 14.3. The summed E-state index contributed by atoms with van der Waals surface area (Å²) < 4.78 is 1.83. The molecule has 3 aliphatic rings. The van der Waals surface area contributed by atoms with E-state index in [1.54, 1.807) is 4.90 Å². The van der Waals surface area contributed by atoms with Crippen molar-refractivity contribution in [1.82, 2.24) is 30.2 Å². The molecule has 3 saturated heterocycles. The van der Waals surface area contributed by atoms with Crippen LogP contribution in [0.2, 0.25) is 0 Å². The maximum atomic E-state index is 14.3. The van der Waals surface area contributed by atoms with Crippen LogP contribution in [-0.4, -0.2) is 75.6 Å². The second-order valence-corrected chi connectivity index (χ2v) is 12.7. The number of piperidine rings is 2. The maximum Gasteiger partial charge on any atom is 0.243 e. The molecule has 0 bridgehead atoms. The number of carbonyl (C=O) groups excluding carboxylic acids is 3. The second kappa shape index (κ2) is 12.9. The fourth-order valence-corrected chi connectivity index (χ4v) is 7.19. The molecule has 3 aliphatic heterocycles. The van der Waals surface area contributed by atoms with Crippen molar-refractivity contribution in [3.05, 3.63) is 65.4 Å². The Kier molecular flexibility index (Phi) is 8.79. The van der Waals surface area contributed by atoms with E-state index in [4.69, 9.17) is 0 Å². The number of hydrogen-bond acceptors (Lipinski definition) is 5. The molecule has 6 rings (SSSR count). The van der Waals surface area contributed by atoms with Crippen LogP contribution in [0.3, 0.4) is 0 Å². The van der Waals surface area contributed by atoms with Gasteiger partial charge in [-0.3, -0.25) is 19.1 Å². The number of rotatable bonds is 7. The van der Waals surface area contributed by atoms with Gasteiger partial charge in [-0.05, 0) is 87.6 Å². The summed E-state index contributed by atoms with van der Waals surface area (Å²) >= 11 is 0. The van der Waals surface area contributed by atoms with Gasteiger partial charge in [-0.25, -0.2) is 0 Å². The van der Waals surface area contributed by atoms with E-state index in [2.05, 4.69) is 46.9 Å². The Balaban J connectivity index is 1.19. The van der Waals surface area contributed by atoms with E-state index in [0.717, 1.165) is 61.7 Å². The third-order valence-electron chi connectivity index (χ3n) is 9.61. The van der Waals surface area contributed by atoms with Crippen molar-refractivity contribution < 1.29 is 14.4 Å². The number of likely N-dealkylation sites (tertiary alicyclic amines) is 2. The Morgan fingerprint density at radius 2 is 1.74 bits per heavy atom. The highest BCUT2D eigenvalue weighted by Gasteiger charge is 2.46. The number of amides is 3. The highest BCUT2D eigenvalue weighted by Crippen LogP contribution is 2.31. The molecular formula is C34H44N6O3. The molecule has 4 atom stereocenters. The number of benzene rings is 2. The molecule has 0 radical (unpaired) electrons. The molecular weight excluding hydrogens is 540 g/mol. The number of aryl methyl sites for hydroxylation is 2. The van der Waals surface area contributed by atoms with Gasteiger partial charge in [-0.2, -0.15) is 5.10 Å². The number of hydrogen-bond donors (Lipinski definition) is 2. The van der Waals surface area contributed by atoms with E-state index in [1.165, 1.54) is 11.1 Å². The minimum Gasteiger partial charge on any atom is -0.350 e. The van der Waals surface area contributed by atoms with Gasteiger partial charge in [0.05, 0.1) is 23.7 Å². The Bertz CT molecular complexity index is 1460. The average molecular weight is 585 g/mol. The van der Waals surface area contributed by atoms with Gasteiger partial charge in [0.25, 0.3) is 0 Å². The molecule has 1 aromatic heterocycles. The molecule has 2 aromatic carbocycles. The Morgan fingerprint density at radius 1 is 0.977 bits per heavy atom.